The topological polar surface area (TPSA) is 52.6 Å². The number of carbonyl (C=O) groups is 2. The van der Waals surface area contributed by atoms with Gasteiger partial charge in [0.05, 0.1) is 6.42 Å². The van der Waals surface area contributed by atoms with Crippen LogP contribution >= 0.6 is 15.9 Å². The number of carbonyl (C=O) groups excluding carboxylic acids is 2. The zero-order valence-corrected chi connectivity index (χ0v) is 12.6. The van der Waals surface area contributed by atoms with E-state index in [4.69, 9.17) is 9.47 Å². The molecule has 5 heteroatoms. The molecule has 2 aromatic carbocycles. The smallest absolute Gasteiger partial charge is 0.231 e. The average molecular weight is 347 g/mol. The van der Waals surface area contributed by atoms with Gasteiger partial charge in [0.2, 0.25) is 6.79 Å². The number of ketones is 2. The van der Waals surface area contributed by atoms with Crippen molar-refractivity contribution in [2.24, 2.45) is 0 Å². The van der Waals surface area contributed by atoms with Gasteiger partial charge in [-0.2, -0.15) is 0 Å². The number of hydrogen-bond acceptors (Lipinski definition) is 4. The molecule has 0 spiro atoms. The maximum Gasteiger partial charge on any atom is 0.231 e. The summed E-state index contributed by atoms with van der Waals surface area (Å²) in [6.07, 6.45) is -0.165. The third-order valence-corrected chi connectivity index (χ3v) is 3.71. The minimum Gasteiger partial charge on any atom is -0.454 e. The van der Waals surface area contributed by atoms with Crippen LogP contribution in [0.25, 0.3) is 0 Å². The quantitative estimate of drug-likeness (QED) is 0.626. The Morgan fingerprint density at radius 3 is 2.29 bits per heavy atom. The number of benzene rings is 2. The lowest BCUT2D eigenvalue weighted by atomic mass is 10.0. The number of fused-ring (bicyclic) bond motifs is 1. The first kappa shape index (κ1) is 13.8. The second kappa shape index (κ2) is 5.69. The van der Waals surface area contributed by atoms with Gasteiger partial charge in [-0.25, -0.2) is 0 Å². The van der Waals surface area contributed by atoms with Gasteiger partial charge in [0, 0.05) is 15.6 Å². The van der Waals surface area contributed by atoms with E-state index in [9.17, 15) is 9.59 Å². The lowest BCUT2D eigenvalue weighted by molar-refractivity contribution is 0.0894. The van der Waals surface area contributed by atoms with E-state index in [2.05, 4.69) is 15.9 Å². The van der Waals surface area contributed by atoms with Gasteiger partial charge < -0.3 is 9.47 Å². The Labute approximate surface area is 129 Å². The van der Waals surface area contributed by atoms with Gasteiger partial charge >= 0.3 is 0 Å². The van der Waals surface area contributed by atoms with Gasteiger partial charge in [0.25, 0.3) is 0 Å². The Hall–Kier alpha value is -2.14. The average Bonchev–Trinajstić information content (AvgIpc) is 2.95. The molecule has 0 aliphatic carbocycles. The van der Waals surface area contributed by atoms with Crippen LogP contribution in [-0.2, 0) is 0 Å². The molecule has 0 atom stereocenters. The molecule has 106 valence electrons. The van der Waals surface area contributed by atoms with Crippen LogP contribution in [-0.4, -0.2) is 18.4 Å². The molecule has 0 amide bonds. The largest absolute Gasteiger partial charge is 0.454 e. The van der Waals surface area contributed by atoms with Crippen LogP contribution in [0.5, 0.6) is 11.5 Å². The molecule has 1 heterocycles. The molecule has 21 heavy (non-hydrogen) atoms. The van der Waals surface area contributed by atoms with Crippen molar-refractivity contribution in [2.45, 2.75) is 6.42 Å². The molecule has 0 radical (unpaired) electrons. The second-order valence-corrected chi connectivity index (χ2v) is 5.51. The van der Waals surface area contributed by atoms with Gasteiger partial charge in [0.1, 0.15) is 0 Å². The highest BCUT2D eigenvalue weighted by Gasteiger charge is 2.18. The van der Waals surface area contributed by atoms with E-state index >= 15 is 0 Å². The number of rotatable bonds is 4. The minimum atomic E-state index is -0.235. The van der Waals surface area contributed by atoms with E-state index in [-0.39, 0.29) is 24.8 Å². The van der Waals surface area contributed by atoms with Crippen LogP contribution in [0.15, 0.2) is 46.9 Å². The first-order valence-corrected chi connectivity index (χ1v) is 7.14. The van der Waals surface area contributed by atoms with Crippen LogP contribution < -0.4 is 9.47 Å². The molecule has 0 bridgehead atoms. The summed E-state index contributed by atoms with van der Waals surface area (Å²) in [5.41, 5.74) is 0.969. The predicted octanol–water partition coefficient (Wildman–Crippen LogP) is 3.63. The van der Waals surface area contributed by atoms with Crippen molar-refractivity contribution < 1.29 is 19.1 Å². The molecule has 4 nitrogen and oxygen atoms in total. The van der Waals surface area contributed by atoms with E-state index in [0.29, 0.717) is 22.6 Å². The predicted molar refractivity (Wildman–Crippen MR) is 80.0 cm³/mol. The standard InChI is InChI=1S/C16H11BrO4/c17-12-4-1-10(2-5-12)13(18)8-14(19)11-3-6-15-16(7-11)21-9-20-15/h1-7H,8-9H2. The summed E-state index contributed by atoms with van der Waals surface area (Å²) in [4.78, 5) is 24.3. The summed E-state index contributed by atoms with van der Waals surface area (Å²) in [6.45, 7) is 0.158. The van der Waals surface area contributed by atoms with E-state index in [1.807, 2.05) is 0 Å². The van der Waals surface area contributed by atoms with E-state index in [0.717, 1.165) is 4.47 Å². The Morgan fingerprint density at radius 2 is 1.52 bits per heavy atom. The maximum atomic E-state index is 12.2. The SMILES string of the molecule is O=C(CC(=O)c1ccc2c(c1)OCO2)c1ccc(Br)cc1. The summed E-state index contributed by atoms with van der Waals surface area (Å²) in [6, 6.07) is 11.9. The molecule has 1 aliphatic rings. The monoisotopic (exact) mass is 346 g/mol. The molecule has 0 saturated heterocycles. The van der Waals surface area contributed by atoms with Crippen LogP contribution in [0.4, 0.5) is 0 Å². The van der Waals surface area contributed by atoms with Crippen molar-refractivity contribution >= 4 is 27.5 Å². The summed E-state index contributed by atoms with van der Waals surface area (Å²) < 4.78 is 11.3. The molecule has 1 aliphatic heterocycles. The summed E-state index contributed by atoms with van der Waals surface area (Å²) >= 11 is 3.31. The first-order chi connectivity index (χ1) is 10.1. The number of hydrogen-bond donors (Lipinski definition) is 0. The molecule has 0 unspecified atom stereocenters. The third kappa shape index (κ3) is 2.97. The fraction of sp³-hybridized carbons (Fsp3) is 0.125. The van der Waals surface area contributed by atoms with Gasteiger partial charge in [-0.1, -0.05) is 28.1 Å². The normalized spacial score (nSPS) is 12.2. The van der Waals surface area contributed by atoms with E-state index in [1.165, 1.54) is 0 Å². The zero-order chi connectivity index (χ0) is 14.8. The summed E-state index contributed by atoms with van der Waals surface area (Å²) in [5.74, 6) is 0.717. The van der Waals surface area contributed by atoms with Crippen molar-refractivity contribution in [3.63, 3.8) is 0 Å². The summed E-state index contributed by atoms with van der Waals surface area (Å²) in [7, 11) is 0. The second-order valence-electron chi connectivity index (χ2n) is 4.60. The van der Waals surface area contributed by atoms with Crippen molar-refractivity contribution in [3.8, 4) is 11.5 Å². The van der Waals surface area contributed by atoms with Gasteiger partial charge in [-0.05, 0) is 30.3 Å². The molecule has 0 saturated carbocycles. The number of ether oxygens (including phenoxy) is 2. The zero-order valence-electron chi connectivity index (χ0n) is 11.0. The summed E-state index contributed by atoms with van der Waals surface area (Å²) in [5, 5.41) is 0. The van der Waals surface area contributed by atoms with Crippen molar-refractivity contribution in [1.29, 1.82) is 0 Å². The molecule has 0 aromatic heterocycles. The Bertz CT molecular complexity index is 707. The third-order valence-electron chi connectivity index (χ3n) is 3.18. The van der Waals surface area contributed by atoms with Gasteiger partial charge in [0.15, 0.2) is 23.1 Å². The molecule has 0 N–H and O–H groups in total. The lowest BCUT2D eigenvalue weighted by Crippen LogP contribution is -2.08. The fourth-order valence-corrected chi connectivity index (χ4v) is 2.32. The molecular weight excluding hydrogens is 336 g/mol. The molecule has 0 fully saturated rings. The molecular formula is C16H11BrO4. The Balaban J connectivity index is 1.74. The first-order valence-electron chi connectivity index (χ1n) is 6.35. The highest BCUT2D eigenvalue weighted by Crippen LogP contribution is 2.32. The van der Waals surface area contributed by atoms with Crippen molar-refractivity contribution in [2.75, 3.05) is 6.79 Å². The molecule has 2 aromatic rings. The van der Waals surface area contributed by atoms with E-state index < -0.39 is 0 Å². The van der Waals surface area contributed by atoms with Crippen LogP contribution in [0.3, 0.4) is 0 Å². The van der Waals surface area contributed by atoms with E-state index in [1.54, 1.807) is 42.5 Å². The highest BCUT2D eigenvalue weighted by molar-refractivity contribution is 9.10. The maximum absolute atomic E-state index is 12.2. The van der Waals surface area contributed by atoms with Crippen LogP contribution in [0.1, 0.15) is 27.1 Å². The van der Waals surface area contributed by atoms with Crippen molar-refractivity contribution in [1.82, 2.24) is 0 Å². The van der Waals surface area contributed by atoms with Crippen LogP contribution in [0, 0.1) is 0 Å². The fourth-order valence-electron chi connectivity index (χ4n) is 2.06. The highest BCUT2D eigenvalue weighted by atomic mass is 79.9. The number of Topliss-reactive ketones (excluding diaryl/α,β-unsaturated/α-hetero) is 2. The van der Waals surface area contributed by atoms with Gasteiger partial charge in [-0.3, -0.25) is 9.59 Å². The van der Waals surface area contributed by atoms with Crippen LogP contribution in [0.2, 0.25) is 0 Å². The lowest BCUT2D eigenvalue weighted by Gasteiger charge is -2.03. The Kier molecular flexibility index (Phi) is 3.75. The number of halogens is 1. The van der Waals surface area contributed by atoms with Gasteiger partial charge in [-0.15, -0.1) is 0 Å². The minimum absolute atomic E-state index is 0.158. The van der Waals surface area contributed by atoms with Crippen molar-refractivity contribution in [3.05, 3.63) is 58.1 Å². The molecule has 3 rings (SSSR count). The Morgan fingerprint density at radius 1 is 0.905 bits per heavy atom.